The van der Waals surface area contributed by atoms with Gasteiger partial charge in [-0.05, 0) is 43.2 Å². The monoisotopic (exact) mass is 224 g/mol. The molecule has 0 saturated carbocycles. The molecule has 0 aliphatic rings. The van der Waals surface area contributed by atoms with Crippen LogP contribution in [0.2, 0.25) is 0 Å². The minimum atomic E-state index is 0.806. The van der Waals surface area contributed by atoms with Crippen molar-refractivity contribution in [1.82, 2.24) is 0 Å². The lowest BCUT2D eigenvalue weighted by Gasteiger charge is -2.09. The molecule has 0 fully saturated rings. The fourth-order valence-electron chi connectivity index (χ4n) is 1.26. The first kappa shape index (κ1) is 12.4. The average Bonchev–Trinajstić information content (AvgIpc) is 2.26. The highest BCUT2D eigenvalue weighted by atomic mass is 32.2. The summed E-state index contributed by atoms with van der Waals surface area (Å²) in [4.78, 5) is 1.35. The summed E-state index contributed by atoms with van der Waals surface area (Å²) in [6.45, 7) is 7.29. The van der Waals surface area contributed by atoms with Gasteiger partial charge in [-0.15, -0.1) is 11.8 Å². The molecule has 0 spiro atoms. The van der Waals surface area contributed by atoms with Crippen molar-refractivity contribution in [3.63, 3.8) is 0 Å². The number of aryl methyl sites for hydroxylation is 1. The molecule has 0 N–H and O–H groups in total. The van der Waals surface area contributed by atoms with E-state index >= 15 is 0 Å². The highest BCUT2D eigenvalue weighted by molar-refractivity contribution is 7.99. The third kappa shape index (κ3) is 4.17. The van der Waals surface area contributed by atoms with Gasteiger partial charge >= 0.3 is 0 Å². The minimum Gasteiger partial charge on any atom is -0.494 e. The Balaban J connectivity index is 2.66. The van der Waals surface area contributed by atoms with Crippen molar-refractivity contribution in [2.45, 2.75) is 38.5 Å². The van der Waals surface area contributed by atoms with Crippen molar-refractivity contribution >= 4 is 11.8 Å². The predicted molar refractivity (Wildman–Crippen MR) is 68.0 cm³/mol. The van der Waals surface area contributed by atoms with Crippen molar-refractivity contribution in [3.05, 3.63) is 23.8 Å². The highest BCUT2D eigenvalue weighted by Gasteiger charge is 2.01. The SMILES string of the molecule is CCCOc1ccc(C)c(SCCC)c1. The van der Waals surface area contributed by atoms with Gasteiger partial charge in [-0.1, -0.05) is 19.9 Å². The molecule has 15 heavy (non-hydrogen) atoms. The van der Waals surface area contributed by atoms with Crippen LogP contribution in [-0.2, 0) is 0 Å². The topological polar surface area (TPSA) is 9.23 Å². The zero-order valence-corrected chi connectivity index (χ0v) is 10.7. The fourth-order valence-corrected chi connectivity index (χ4v) is 2.18. The number of hydrogen-bond acceptors (Lipinski definition) is 2. The van der Waals surface area contributed by atoms with Crippen LogP contribution in [0.4, 0.5) is 0 Å². The van der Waals surface area contributed by atoms with Gasteiger partial charge in [0.25, 0.3) is 0 Å². The fraction of sp³-hybridized carbons (Fsp3) is 0.538. The summed E-state index contributed by atoms with van der Waals surface area (Å²) in [5.74, 6) is 2.18. The van der Waals surface area contributed by atoms with E-state index in [-0.39, 0.29) is 0 Å². The molecule has 2 heteroatoms. The van der Waals surface area contributed by atoms with Crippen molar-refractivity contribution < 1.29 is 4.74 Å². The van der Waals surface area contributed by atoms with Crippen LogP contribution in [0.3, 0.4) is 0 Å². The molecule has 1 rings (SSSR count). The predicted octanol–water partition coefficient (Wildman–Crippen LogP) is 4.29. The van der Waals surface area contributed by atoms with Gasteiger partial charge in [0, 0.05) is 4.90 Å². The quantitative estimate of drug-likeness (QED) is 0.667. The molecule has 0 amide bonds. The number of rotatable bonds is 6. The standard InChI is InChI=1S/C13H20OS/c1-4-8-14-12-7-6-11(3)13(10-12)15-9-5-2/h6-7,10H,4-5,8-9H2,1-3H3. The maximum atomic E-state index is 5.62. The van der Waals surface area contributed by atoms with Crippen molar-refractivity contribution in [3.8, 4) is 5.75 Å². The van der Waals surface area contributed by atoms with E-state index in [0.29, 0.717) is 0 Å². The summed E-state index contributed by atoms with van der Waals surface area (Å²) >= 11 is 1.91. The maximum Gasteiger partial charge on any atom is 0.120 e. The molecule has 0 unspecified atom stereocenters. The molecule has 1 aromatic rings. The Labute approximate surface area is 97.2 Å². The average molecular weight is 224 g/mol. The number of ether oxygens (including phenoxy) is 1. The Morgan fingerprint density at radius 1 is 1.20 bits per heavy atom. The van der Waals surface area contributed by atoms with E-state index in [1.165, 1.54) is 22.6 Å². The number of benzene rings is 1. The molecule has 1 nitrogen and oxygen atoms in total. The summed E-state index contributed by atoms with van der Waals surface area (Å²) in [6, 6.07) is 6.36. The van der Waals surface area contributed by atoms with E-state index in [1.807, 2.05) is 11.8 Å². The van der Waals surface area contributed by atoms with E-state index in [1.54, 1.807) is 0 Å². The highest BCUT2D eigenvalue weighted by Crippen LogP contribution is 2.27. The first-order chi connectivity index (χ1) is 7.27. The molecular weight excluding hydrogens is 204 g/mol. The van der Waals surface area contributed by atoms with Gasteiger partial charge in [0.2, 0.25) is 0 Å². The normalized spacial score (nSPS) is 10.3. The Bertz CT molecular complexity index is 297. The van der Waals surface area contributed by atoms with E-state index in [9.17, 15) is 0 Å². The molecular formula is C13H20OS. The summed E-state index contributed by atoms with van der Waals surface area (Å²) in [5.41, 5.74) is 1.34. The maximum absolute atomic E-state index is 5.62. The Morgan fingerprint density at radius 2 is 2.00 bits per heavy atom. The van der Waals surface area contributed by atoms with Crippen LogP contribution in [0.5, 0.6) is 5.75 Å². The Kier molecular flexibility index (Phi) is 5.62. The summed E-state index contributed by atoms with van der Waals surface area (Å²) in [6.07, 6.45) is 2.27. The minimum absolute atomic E-state index is 0.806. The largest absolute Gasteiger partial charge is 0.494 e. The molecule has 0 atom stereocenters. The lowest BCUT2D eigenvalue weighted by Crippen LogP contribution is -1.95. The molecule has 0 heterocycles. The van der Waals surface area contributed by atoms with Crippen LogP contribution >= 0.6 is 11.8 Å². The molecule has 0 bridgehead atoms. The van der Waals surface area contributed by atoms with Crippen LogP contribution in [0, 0.1) is 6.92 Å². The molecule has 0 saturated heterocycles. The molecule has 0 radical (unpaired) electrons. The second-order valence-electron chi connectivity index (χ2n) is 3.62. The lowest BCUT2D eigenvalue weighted by molar-refractivity contribution is 0.316. The number of thioether (sulfide) groups is 1. The first-order valence-corrected chi connectivity index (χ1v) is 6.62. The third-order valence-electron chi connectivity index (χ3n) is 2.09. The zero-order valence-electron chi connectivity index (χ0n) is 9.88. The van der Waals surface area contributed by atoms with E-state index in [0.717, 1.165) is 18.8 Å². The van der Waals surface area contributed by atoms with Gasteiger partial charge in [0.1, 0.15) is 5.75 Å². The second-order valence-corrected chi connectivity index (χ2v) is 4.76. The van der Waals surface area contributed by atoms with Crippen LogP contribution in [-0.4, -0.2) is 12.4 Å². The lowest BCUT2D eigenvalue weighted by atomic mass is 10.2. The van der Waals surface area contributed by atoms with Gasteiger partial charge in [-0.2, -0.15) is 0 Å². The smallest absolute Gasteiger partial charge is 0.120 e. The van der Waals surface area contributed by atoms with Crippen molar-refractivity contribution in [1.29, 1.82) is 0 Å². The van der Waals surface area contributed by atoms with Gasteiger partial charge in [-0.25, -0.2) is 0 Å². The van der Waals surface area contributed by atoms with Gasteiger partial charge < -0.3 is 4.74 Å². The Morgan fingerprint density at radius 3 is 2.67 bits per heavy atom. The van der Waals surface area contributed by atoms with Crippen LogP contribution in [0.1, 0.15) is 32.3 Å². The second kappa shape index (κ2) is 6.78. The zero-order chi connectivity index (χ0) is 11.1. The molecule has 0 aromatic heterocycles. The van der Waals surface area contributed by atoms with Crippen LogP contribution in [0.25, 0.3) is 0 Å². The number of hydrogen-bond donors (Lipinski definition) is 0. The van der Waals surface area contributed by atoms with Crippen molar-refractivity contribution in [2.24, 2.45) is 0 Å². The summed E-state index contributed by atoms with van der Waals surface area (Å²) in [7, 11) is 0. The van der Waals surface area contributed by atoms with Crippen molar-refractivity contribution in [2.75, 3.05) is 12.4 Å². The van der Waals surface area contributed by atoms with E-state index in [2.05, 4.69) is 39.0 Å². The van der Waals surface area contributed by atoms with Gasteiger partial charge in [0.05, 0.1) is 6.61 Å². The molecule has 0 aliphatic carbocycles. The first-order valence-electron chi connectivity index (χ1n) is 5.64. The molecule has 1 aromatic carbocycles. The van der Waals surface area contributed by atoms with E-state index in [4.69, 9.17) is 4.74 Å². The third-order valence-corrected chi connectivity index (χ3v) is 3.46. The Hall–Kier alpha value is -0.630. The van der Waals surface area contributed by atoms with Gasteiger partial charge in [-0.3, -0.25) is 0 Å². The molecule has 84 valence electrons. The van der Waals surface area contributed by atoms with Crippen LogP contribution in [0.15, 0.2) is 23.1 Å². The summed E-state index contributed by atoms with van der Waals surface area (Å²) in [5, 5.41) is 0. The molecule has 0 aliphatic heterocycles. The summed E-state index contributed by atoms with van der Waals surface area (Å²) < 4.78 is 5.62. The van der Waals surface area contributed by atoms with Crippen LogP contribution < -0.4 is 4.74 Å². The van der Waals surface area contributed by atoms with Gasteiger partial charge in [0.15, 0.2) is 0 Å². The van der Waals surface area contributed by atoms with E-state index < -0.39 is 0 Å².